The van der Waals surface area contributed by atoms with Gasteiger partial charge in [0.1, 0.15) is 0 Å². The first-order valence-corrected chi connectivity index (χ1v) is 8.22. The Balaban J connectivity index is 3.25. The maximum atomic E-state index is 12.5. The molecule has 0 aliphatic carbocycles. The minimum Gasteiger partial charge on any atom is -0.398 e. The molecule has 0 saturated carbocycles. The number of benzene rings is 1. The van der Waals surface area contributed by atoms with Crippen LogP contribution in [0.4, 0.5) is 5.69 Å². The van der Waals surface area contributed by atoms with E-state index in [1.54, 1.807) is 6.92 Å². The lowest BCUT2D eigenvalue weighted by Gasteiger charge is -2.21. The number of anilines is 1. The molecule has 0 aromatic heterocycles. The highest BCUT2D eigenvalue weighted by molar-refractivity contribution is 7.89. The number of halogens is 1. The van der Waals surface area contributed by atoms with Gasteiger partial charge in [-0.25, -0.2) is 8.42 Å². The molecule has 6 heteroatoms. The molecule has 108 valence electrons. The number of nitrogens with two attached hydrogens (primary N) is 1. The van der Waals surface area contributed by atoms with E-state index in [4.69, 9.17) is 17.3 Å². The third-order valence-electron chi connectivity index (χ3n) is 2.94. The van der Waals surface area contributed by atoms with Crippen LogP contribution in [0.2, 0.25) is 5.02 Å². The standard InChI is InChI=1S/C13H21ClN2O2S/c1-4-6-16(7-5-2)19(17,18)11-8-12(14)10(3)13(15)9-11/h8-9H,4-7,15H2,1-3H3. The van der Waals surface area contributed by atoms with Crippen LogP contribution in [0.1, 0.15) is 32.3 Å². The van der Waals surface area contributed by atoms with Crippen molar-refractivity contribution in [1.82, 2.24) is 4.31 Å². The molecule has 0 radical (unpaired) electrons. The zero-order valence-electron chi connectivity index (χ0n) is 11.6. The van der Waals surface area contributed by atoms with Crippen molar-refractivity contribution in [2.75, 3.05) is 18.8 Å². The molecule has 0 aliphatic heterocycles. The van der Waals surface area contributed by atoms with Crippen LogP contribution in [0, 0.1) is 6.92 Å². The minimum absolute atomic E-state index is 0.169. The topological polar surface area (TPSA) is 63.4 Å². The molecule has 0 bridgehead atoms. The van der Waals surface area contributed by atoms with E-state index in [0.717, 1.165) is 12.8 Å². The molecular weight excluding hydrogens is 284 g/mol. The second-order valence-electron chi connectivity index (χ2n) is 4.52. The molecular formula is C13H21ClN2O2S. The largest absolute Gasteiger partial charge is 0.398 e. The van der Waals surface area contributed by atoms with Gasteiger partial charge in [0.15, 0.2) is 0 Å². The van der Waals surface area contributed by atoms with Crippen LogP contribution in [-0.2, 0) is 10.0 Å². The Kier molecular flexibility index (Phi) is 5.64. The molecule has 0 heterocycles. The van der Waals surface area contributed by atoms with Gasteiger partial charge in [0.2, 0.25) is 10.0 Å². The zero-order valence-corrected chi connectivity index (χ0v) is 13.2. The van der Waals surface area contributed by atoms with Crippen LogP contribution in [0.15, 0.2) is 17.0 Å². The molecule has 0 atom stereocenters. The van der Waals surface area contributed by atoms with Gasteiger partial charge >= 0.3 is 0 Å². The fraction of sp³-hybridized carbons (Fsp3) is 0.538. The van der Waals surface area contributed by atoms with Gasteiger partial charge in [-0.1, -0.05) is 25.4 Å². The number of hydrogen-bond donors (Lipinski definition) is 1. The van der Waals surface area contributed by atoms with Crippen molar-refractivity contribution in [2.24, 2.45) is 0 Å². The lowest BCUT2D eigenvalue weighted by molar-refractivity contribution is 0.410. The molecule has 2 N–H and O–H groups in total. The van der Waals surface area contributed by atoms with Crippen LogP contribution in [-0.4, -0.2) is 25.8 Å². The predicted molar refractivity (Wildman–Crippen MR) is 79.9 cm³/mol. The average Bonchev–Trinajstić information content (AvgIpc) is 2.35. The molecule has 0 spiro atoms. The van der Waals surface area contributed by atoms with Crippen molar-refractivity contribution >= 4 is 27.3 Å². The number of nitrogens with zero attached hydrogens (tertiary/aromatic N) is 1. The van der Waals surface area contributed by atoms with Crippen molar-refractivity contribution in [3.05, 3.63) is 22.7 Å². The fourth-order valence-electron chi connectivity index (χ4n) is 1.82. The Morgan fingerprint density at radius 2 is 1.74 bits per heavy atom. The lowest BCUT2D eigenvalue weighted by atomic mass is 10.2. The van der Waals surface area contributed by atoms with E-state index < -0.39 is 10.0 Å². The van der Waals surface area contributed by atoms with E-state index in [2.05, 4.69) is 0 Å². The average molecular weight is 305 g/mol. The normalized spacial score (nSPS) is 12.1. The van der Waals surface area contributed by atoms with Gasteiger partial charge in [0.25, 0.3) is 0 Å². The van der Waals surface area contributed by atoms with Crippen molar-refractivity contribution in [3.8, 4) is 0 Å². The molecule has 0 aliphatic rings. The minimum atomic E-state index is -3.52. The summed E-state index contributed by atoms with van der Waals surface area (Å²) in [6.07, 6.45) is 1.54. The molecule has 4 nitrogen and oxygen atoms in total. The van der Waals surface area contributed by atoms with Gasteiger partial charge in [-0.15, -0.1) is 0 Å². The molecule has 1 aromatic carbocycles. The van der Waals surface area contributed by atoms with Gasteiger partial charge in [-0.3, -0.25) is 0 Å². The van der Waals surface area contributed by atoms with Crippen LogP contribution in [0.5, 0.6) is 0 Å². The number of sulfonamides is 1. The van der Waals surface area contributed by atoms with Gasteiger partial charge in [-0.2, -0.15) is 4.31 Å². The summed E-state index contributed by atoms with van der Waals surface area (Å²) in [6.45, 7) is 6.68. The van der Waals surface area contributed by atoms with E-state index in [1.807, 2.05) is 13.8 Å². The van der Waals surface area contributed by atoms with E-state index >= 15 is 0 Å². The Hall–Kier alpha value is -0.780. The summed E-state index contributed by atoms with van der Waals surface area (Å²) >= 11 is 6.02. The third kappa shape index (κ3) is 3.61. The number of nitrogen functional groups attached to an aromatic ring is 1. The highest BCUT2D eigenvalue weighted by Crippen LogP contribution is 2.27. The summed E-state index contributed by atoms with van der Waals surface area (Å²) in [5.74, 6) is 0. The summed E-state index contributed by atoms with van der Waals surface area (Å²) in [7, 11) is -3.52. The monoisotopic (exact) mass is 304 g/mol. The summed E-state index contributed by atoms with van der Waals surface area (Å²) in [5.41, 5.74) is 6.91. The van der Waals surface area contributed by atoms with Crippen molar-refractivity contribution in [2.45, 2.75) is 38.5 Å². The third-order valence-corrected chi connectivity index (χ3v) is 5.21. The molecule has 1 rings (SSSR count). The first kappa shape index (κ1) is 16.3. The molecule has 1 aromatic rings. The summed E-state index contributed by atoms with van der Waals surface area (Å²) in [4.78, 5) is 0.169. The predicted octanol–water partition coefficient (Wildman–Crippen LogP) is 3.04. The maximum absolute atomic E-state index is 12.5. The molecule has 0 saturated heterocycles. The van der Waals surface area contributed by atoms with Crippen molar-refractivity contribution < 1.29 is 8.42 Å². The van der Waals surface area contributed by atoms with Crippen molar-refractivity contribution in [1.29, 1.82) is 0 Å². The smallest absolute Gasteiger partial charge is 0.243 e. The molecule has 0 fully saturated rings. The first-order chi connectivity index (χ1) is 8.84. The summed E-state index contributed by atoms with van der Waals surface area (Å²) < 4.78 is 26.6. The first-order valence-electron chi connectivity index (χ1n) is 6.40. The van der Waals surface area contributed by atoms with Crippen LogP contribution in [0.25, 0.3) is 0 Å². The van der Waals surface area contributed by atoms with E-state index in [9.17, 15) is 8.42 Å². The highest BCUT2D eigenvalue weighted by Gasteiger charge is 2.24. The molecule has 0 amide bonds. The number of hydrogen-bond acceptors (Lipinski definition) is 3. The Morgan fingerprint density at radius 1 is 1.21 bits per heavy atom. The second kappa shape index (κ2) is 6.59. The Morgan fingerprint density at radius 3 is 2.16 bits per heavy atom. The zero-order chi connectivity index (χ0) is 14.6. The number of rotatable bonds is 6. The van der Waals surface area contributed by atoms with Crippen LogP contribution in [0.3, 0.4) is 0 Å². The van der Waals surface area contributed by atoms with Gasteiger partial charge in [0, 0.05) is 23.8 Å². The fourth-order valence-corrected chi connectivity index (χ4v) is 3.80. The van der Waals surface area contributed by atoms with E-state index in [1.165, 1.54) is 16.4 Å². The van der Waals surface area contributed by atoms with E-state index in [0.29, 0.717) is 29.4 Å². The Labute approximate surface area is 120 Å². The maximum Gasteiger partial charge on any atom is 0.243 e. The second-order valence-corrected chi connectivity index (χ2v) is 6.87. The van der Waals surface area contributed by atoms with Crippen LogP contribution < -0.4 is 5.73 Å². The van der Waals surface area contributed by atoms with Gasteiger partial charge in [0.05, 0.1) is 4.90 Å². The quantitative estimate of drug-likeness (QED) is 0.822. The van der Waals surface area contributed by atoms with Gasteiger partial charge < -0.3 is 5.73 Å². The lowest BCUT2D eigenvalue weighted by Crippen LogP contribution is -2.32. The summed E-state index contributed by atoms with van der Waals surface area (Å²) in [5, 5.41) is 0.381. The van der Waals surface area contributed by atoms with E-state index in [-0.39, 0.29) is 4.90 Å². The van der Waals surface area contributed by atoms with Crippen LogP contribution >= 0.6 is 11.6 Å². The summed E-state index contributed by atoms with van der Waals surface area (Å²) in [6, 6.07) is 2.95. The van der Waals surface area contributed by atoms with Gasteiger partial charge in [-0.05, 0) is 37.5 Å². The molecule has 19 heavy (non-hydrogen) atoms. The van der Waals surface area contributed by atoms with Crippen molar-refractivity contribution in [3.63, 3.8) is 0 Å². The molecule has 0 unspecified atom stereocenters. The SMILES string of the molecule is CCCN(CCC)S(=O)(=O)c1cc(N)c(C)c(Cl)c1. The highest BCUT2D eigenvalue weighted by atomic mass is 35.5. The Bertz CT molecular complexity index is 515.